The van der Waals surface area contributed by atoms with E-state index >= 15 is 0 Å². The van der Waals surface area contributed by atoms with E-state index in [-0.39, 0.29) is 65.3 Å². The molecule has 1 unspecified atom stereocenters. The van der Waals surface area contributed by atoms with Gasteiger partial charge in [-0.3, -0.25) is 14.4 Å². The van der Waals surface area contributed by atoms with E-state index in [1.54, 1.807) is 14.0 Å². The van der Waals surface area contributed by atoms with Gasteiger partial charge in [0.25, 0.3) is 0 Å². The summed E-state index contributed by atoms with van der Waals surface area (Å²) >= 11 is 1.46. The number of thioether (sulfide) groups is 1. The SMILES string of the molecule is CNCC(=O)NC(C)[C@H]1C(=O)N2C(C(=O)O)=C(S[C@@H]3CN[C@H](C(=O)N4C[C@@H](N)C[C@H]4C)C3)[C@H](C)[C@H]12. The summed E-state index contributed by atoms with van der Waals surface area (Å²) in [5.41, 5.74) is 6.06. The topological polar surface area (TPSA) is 157 Å². The predicted molar refractivity (Wildman–Crippen MR) is 131 cm³/mol. The Morgan fingerprint density at radius 1 is 1.29 bits per heavy atom. The molecule has 0 aromatic heterocycles. The van der Waals surface area contributed by atoms with Crippen molar-refractivity contribution in [1.82, 2.24) is 25.8 Å². The maximum atomic E-state index is 13.0. The lowest BCUT2D eigenvalue weighted by molar-refractivity contribution is -0.158. The van der Waals surface area contributed by atoms with Crippen LogP contribution in [0.25, 0.3) is 0 Å². The van der Waals surface area contributed by atoms with Gasteiger partial charge in [-0.05, 0) is 33.7 Å². The molecule has 35 heavy (non-hydrogen) atoms. The van der Waals surface area contributed by atoms with Crippen molar-refractivity contribution in [2.45, 2.75) is 69.1 Å². The maximum Gasteiger partial charge on any atom is 0.353 e. The molecule has 12 heteroatoms. The van der Waals surface area contributed by atoms with Crippen molar-refractivity contribution in [2.75, 3.05) is 26.7 Å². The number of nitrogens with two attached hydrogens (primary N) is 1. The van der Waals surface area contributed by atoms with E-state index in [0.29, 0.717) is 24.4 Å². The normalized spacial score (nSPS) is 35.2. The van der Waals surface area contributed by atoms with Crippen molar-refractivity contribution in [3.05, 3.63) is 10.6 Å². The molecule has 4 aliphatic rings. The zero-order valence-corrected chi connectivity index (χ0v) is 21.4. The largest absolute Gasteiger partial charge is 0.477 e. The van der Waals surface area contributed by atoms with Crippen LogP contribution in [0.2, 0.25) is 0 Å². The number of carboxylic acid groups (broad SMARTS) is 1. The third-order valence-corrected chi connectivity index (χ3v) is 9.14. The fraction of sp³-hybridized carbons (Fsp3) is 0.739. The number of carbonyl (C=O) groups excluding carboxylic acids is 3. The van der Waals surface area contributed by atoms with E-state index in [2.05, 4.69) is 16.0 Å². The second-order valence-corrected chi connectivity index (χ2v) is 11.5. The third-order valence-electron chi connectivity index (χ3n) is 7.63. The number of carbonyl (C=O) groups is 4. The summed E-state index contributed by atoms with van der Waals surface area (Å²) in [4.78, 5) is 54.1. The molecule has 0 aromatic carbocycles. The summed E-state index contributed by atoms with van der Waals surface area (Å²) in [5, 5.41) is 18.9. The Morgan fingerprint density at radius 2 is 2.00 bits per heavy atom. The quantitative estimate of drug-likeness (QED) is 0.257. The minimum absolute atomic E-state index is 0.00330. The molecule has 8 atom stereocenters. The second-order valence-electron chi connectivity index (χ2n) is 10.2. The van der Waals surface area contributed by atoms with Crippen LogP contribution in [0.1, 0.15) is 33.6 Å². The Labute approximate surface area is 209 Å². The van der Waals surface area contributed by atoms with Crippen LogP contribution in [0.5, 0.6) is 0 Å². The molecule has 4 aliphatic heterocycles. The lowest BCUT2D eigenvalue weighted by Gasteiger charge is -2.47. The van der Waals surface area contributed by atoms with Gasteiger partial charge in [-0.15, -0.1) is 11.8 Å². The molecule has 6 N–H and O–H groups in total. The molecule has 0 saturated carbocycles. The van der Waals surface area contributed by atoms with Gasteiger partial charge >= 0.3 is 5.97 Å². The van der Waals surface area contributed by atoms with Gasteiger partial charge in [-0.1, -0.05) is 6.92 Å². The second kappa shape index (κ2) is 10.1. The highest BCUT2D eigenvalue weighted by Crippen LogP contribution is 2.51. The number of amides is 3. The number of aliphatic carboxylic acids is 1. The Hall–Kier alpha value is -2.15. The summed E-state index contributed by atoms with van der Waals surface area (Å²) < 4.78 is 0. The van der Waals surface area contributed by atoms with Gasteiger partial charge in [-0.2, -0.15) is 0 Å². The number of carboxylic acids is 1. The van der Waals surface area contributed by atoms with Crippen LogP contribution in [-0.4, -0.2) is 101 Å². The number of nitrogens with zero attached hydrogens (tertiary/aromatic N) is 2. The minimum Gasteiger partial charge on any atom is -0.477 e. The molecule has 4 rings (SSSR count). The van der Waals surface area contributed by atoms with Crippen molar-refractivity contribution >= 4 is 35.5 Å². The fourth-order valence-electron chi connectivity index (χ4n) is 5.99. The molecule has 0 bridgehead atoms. The first kappa shape index (κ1) is 25.9. The van der Waals surface area contributed by atoms with Crippen molar-refractivity contribution < 1.29 is 24.3 Å². The number of hydrogen-bond donors (Lipinski definition) is 5. The zero-order chi connectivity index (χ0) is 25.6. The van der Waals surface area contributed by atoms with Crippen LogP contribution in [-0.2, 0) is 19.2 Å². The van der Waals surface area contributed by atoms with Crippen molar-refractivity contribution in [3.63, 3.8) is 0 Å². The molecule has 11 nitrogen and oxygen atoms in total. The molecular weight excluding hydrogens is 472 g/mol. The first-order valence-electron chi connectivity index (χ1n) is 12.3. The van der Waals surface area contributed by atoms with Crippen molar-refractivity contribution in [1.29, 1.82) is 0 Å². The van der Waals surface area contributed by atoms with Crippen molar-refractivity contribution in [3.8, 4) is 0 Å². The summed E-state index contributed by atoms with van der Waals surface area (Å²) in [7, 11) is 1.67. The summed E-state index contributed by atoms with van der Waals surface area (Å²) in [6.07, 6.45) is 1.38. The maximum absolute atomic E-state index is 13.0. The average molecular weight is 509 g/mol. The van der Waals surface area contributed by atoms with Gasteiger partial charge in [0.15, 0.2) is 0 Å². The minimum atomic E-state index is -1.13. The lowest BCUT2D eigenvalue weighted by atomic mass is 9.78. The highest BCUT2D eigenvalue weighted by molar-refractivity contribution is 8.03. The molecule has 0 aliphatic carbocycles. The Balaban J connectivity index is 1.44. The van der Waals surface area contributed by atoms with E-state index in [1.165, 1.54) is 16.7 Å². The third kappa shape index (κ3) is 4.68. The van der Waals surface area contributed by atoms with Crippen LogP contribution in [0.4, 0.5) is 0 Å². The van der Waals surface area contributed by atoms with Crippen LogP contribution >= 0.6 is 11.8 Å². The Morgan fingerprint density at radius 3 is 2.60 bits per heavy atom. The first-order valence-corrected chi connectivity index (χ1v) is 13.1. The van der Waals surface area contributed by atoms with Gasteiger partial charge in [0, 0.05) is 47.3 Å². The number of β-lactam (4-membered cyclic amide) rings is 1. The zero-order valence-electron chi connectivity index (χ0n) is 20.6. The summed E-state index contributed by atoms with van der Waals surface area (Å²) in [6, 6.07) is -0.914. The molecule has 194 valence electrons. The highest BCUT2D eigenvalue weighted by atomic mass is 32.2. The molecule has 3 saturated heterocycles. The molecule has 4 heterocycles. The number of nitrogens with one attached hydrogen (secondary N) is 3. The van der Waals surface area contributed by atoms with Crippen LogP contribution in [0.3, 0.4) is 0 Å². The van der Waals surface area contributed by atoms with Crippen LogP contribution in [0, 0.1) is 11.8 Å². The van der Waals surface area contributed by atoms with E-state index in [9.17, 15) is 24.3 Å². The number of hydrogen-bond acceptors (Lipinski definition) is 8. The summed E-state index contributed by atoms with van der Waals surface area (Å²) in [5.74, 6) is -2.22. The van der Waals surface area contributed by atoms with Gasteiger partial charge in [0.1, 0.15) is 5.70 Å². The molecule has 3 fully saturated rings. The van der Waals surface area contributed by atoms with E-state index in [1.807, 2.05) is 18.7 Å². The van der Waals surface area contributed by atoms with Gasteiger partial charge in [0.05, 0.1) is 24.5 Å². The predicted octanol–water partition coefficient (Wildman–Crippen LogP) is -1.10. The summed E-state index contributed by atoms with van der Waals surface area (Å²) in [6.45, 7) is 7.02. The van der Waals surface area contributed by atoms with E-state index in [0.717, 1.165) is 6.42 Å². The number of likely N-dealkylation sites (tertiary alicyclic amines) is 1. The average Bonchev–Trinajstić information content (AvgIpc) is 3.44. The van der Waals surface area contributed by atoms with Gasteiger partial charge in [-0.25, -0.2) is 4.79 Å². The Kier molecular flexibility index (Phi) is 7.46. The monoisotopic (exact) mass is 508 g/mol. The smallest absolute Gasteiger partial charge is 0.353 e. The first-order chi connectivity index (χ1) is 16.5. The van der Waals surface area contributed by atoms with Gasteiger partial charge in [0.2, 0.25) is 17.7 Å². The van der Waals surface area contributed by atoms with Crippen LogP contribution < -0.4 is 21.7 Å². The lowest BCUT2D eigenvalue weighted by Crippen LogP contribution is -2.66. The number of fused-ring (bicyclic) bond motifs is 1. The van der Waals surface area contributed by atoms with Crippen LogP contribution in [0.15, 0.2) is 10.6 Å². The number of rotatable bonds is 8. The van der Waals surface area contributed by atoms with Gasteiger partial charge < -0.3 is 36.6 Å². The Bertz CT molecular complexity index is 943. The molecule has 0 aromatic rings. The standard InChI is InChI=1S/C23H36N6O5S/c1-10-5-13(24)9-28(10)21(31)15-6-14(7-26-15)35-20-11(2)18-17(12(3)27-16(30)8-25-4)22(32)29(18)19(20)23(33)34/h10-15,17-18,25-26H,5-9,24H2,1-4H3,(H,27,30)(H,33,34)/t10-,11-,12?,13+,14+,15+,17-,18-/m1/s1. The van der Waals surface area contributed by atoms with E-state index in [4.69, 9.17) is 5.73 Å². The fourth-order valence-corrected chi connectivity index (χ4v) is 7.47. The molecule has 3 amide bonds. The molecule has 0 radical (unpaired) electrons. The number of likely N-dealkylation sites (N-methyl/N-ethyl adjacent to an activating group) is 1. The highest BCUT2D eigenvalue weighted by Gasteiger charge is 2.60. The van der Waals surface area contributed by atoms with Crippen molar-refractivity contribution in [2.24, 2.45) is 17.6 Å². The molecule has 0 spiro atoms. The van der Waals surface area contributed by atoms with E-state index < -0.39 is 17.9 Å². The molecular formula is C23H36N6O5S.